The number of pyridine rings is 1. The zero-order valence-corrected chi connectivity index (χ0v) is 10.1. The van der Waals surface area contributed by atoms with Crippen molar-refractivity contribution < 1.29 is 9.90 Å². The number of hydrogen-bond acceptors (Lipinski definition) is 2. The maximum absolute atomic E-state index is 10.4. The lowest BCUT2D eigenvalue weighted by atomic mass is 10.3. The van der Waals surface area contributed by atoms with Crippen LogP contribution in [0.15, 0.2) is 29.0 Å². The fraction of sp³-hybridized carbons (Fsp3) is 0.0909. The number of aromatic nitrogens is 2. The van der Waals surface area contributed by atoms with Crippen LogP contribution in [-0.4, -0.2) is 20.5 Å². The largest absolute Gasteiger partial charge is 0.478 e. The molecule has 0 amide bonds. The van der Waals surface area contributed by atoms with Gasteiger partial charge in [-0.15, -0.1) is 0 Å². The maximum atomic E-state index is 10.4. The average molecular weight is 281 g/mol. The first kappa shape index (κ1) is 10.9. The Morgan fingerprint density at radius 2 is 2.38 bits per heavy atom. The fourth-order valence-electron chi connectivity index (χ4n) is 1.47. The van der Waals surface area contributed by atoms with Gasteiger partial charge in [0, 0.05) is 12.3 Å². The monoisotopic (exact) mass is 280 g/mol. The van der Waals surface area contributed by atoms with E-state index in [9.17, 15) is 4.79 Å². The Bertz CT molecular complexity index is 587. The molecule has 0 radical (unpaired) electrons. The number of carbonyl (C=O) groups is 1. The molecule has 1 N–H and O–H groups in total. The zero-order valence-electron chi connectivity index (χ0n) is 8.51. The molecule has 82 valence electrons. The lowest BCUT2D eigenvalue weighted by Crippen LogP contribution is -1.91. The van der Waals surface area contributed by atoms with E-state index in [1.54, 1.807) is 6.20 Å². The van der Waals surface area contributed by atoms with Gasteiger partial charge in [-0.1, -0.05) is 0 Å². The quantitative estimate of drug-likeness (QED) is 0.860. The van der Waals surface area contributed by atoms with E-state index in [1.165, 1.54) is 6.08 Å². The summed E-state index contributed by atoms with van der Waals surface area (Å²) in [6.45, 7) is 1.97. The van der Waals surface area contributed by atoms with Crippen LogP contribution in [0.25, 0.3) is 11.7 Å². The molecule has 0 saturated heterocycles. The molecule has 0 fully saturated rings. The number of rotatable bonds is 2. The lowest BCUT2D eigenvalue weighted by Gasteiger charge is -2.00. The molecular weight excluding hydrogens is 272 g/mol. The summed E-state index contributed by atoms with van der Waals surface area (Å²) in [7, 11) is 0. The third-order valence-corrected chi connectivity index (χ3v) is 2.71. The minimum Gasteiger partial charge on any atom is -0.478 e. The van der Waals surface area contributed by atoms with Gasteiger partial charge in [0.2, 0.25) is 0 Å². The van der Waals surface area contributed by atoms with Crippen molar-refractivity contribution in [2.45, 2.75) is 6.92 Å². The SMILES string of the molecule is Cc1cc(Br)c2ncc(/C=C/C(=O)O)n2c1. The van der Waals surface area contributed by atoms with Crippen molar-refractivity contribution in [1.29, 1.82) is 0 Å². The Labute approximate surface area is 100 Å². The first-order valence-electron chi connectivity index (χ1n) is 4.62. The summed E-state index contributed by atoms with van der Waals surface area (Å²) in [4.78, 5) is 14.6. The van der Waals surface area contributed by atoms with E-state index in [2.05, 4.69) is 20.9 Å². The molecule has 0 bridgehead atoms. The molecule has 2 aromatic heterocycles. The molecule has 4 nitrogen and oxygen atoms in total. The van der Waals surface area contributed by atoms with Crippen LogP contribution in [0, 0.1) is 6.92 Å². The summed E-state index contributed by atoms with van der Waals surface area (Å²) >= 11 is 3.42. The van der Waals surface area contributed by atoms with Crippen LogP contribution in [0.4, 0.5) is 0 Å². The van der Waals surface area contributed by atoms with E-state index in [1.807, 2.05) is 23.6 Å². The van der Waals surface area contributed by atoms with Gasteiger partial charge in [0.25, 0.3) is 0 Å². The highest BCUT2D eigenvalue weighted by Crippen LogP contribution is 2.20. The van der Waals surface area contributed by atoms with E-state index in [-0.39, 0.29) is 0 Å². The van der Waals surface area contributed by atoms with E-state index in [0.29, 0.717) is 0 Å². The number of fused-ring (bicyclic) bond motifs is 1. The summed E-state index contributed by atoms with van der Waals surface area (Å²) in [6.07, 6.45) is 6.17. The number of aryl methyl sites for hydroxylation is 1. The lowest BCUT2D eigenvalue weighted by molar-refractivity contribution is -0.131. The highest BCUT2D eigenvalue weighted by atomic mass is 79.9. The van der Waals surface area contributed by atoms with Gasteiger partial charge in [-0.25, -0.2) is 9.78 Å². The Morgan fingerprint density at radius 1 is 1.62 bits per heavy atom. The normalized spacial score (nSPS) is 11.4. The first-order valence-corrected chi connectivity index (χ1v) is 5.41. The van der Waals surface area contributed by atoms with Gasteiger partial charge >= 0.3 is 5.97 Å². The van der Waals surface area contributed by atoms with E-state index >= 15 is 0 Å². The third kappa shape index (κ3) is 1.99. The van der Waals surface area contributed by atoms with Crippen LogP contribution < -0.4 is 0 Å². The molecule has 0 aliphatic rings. The fourth-order valence-corrected chi connectivity index (χ4v) is 2.13. The van der Waals surface area contributed by atoms with Crippen molar-refractivity contribution in [3.05, 3.63) is 40.3 Å². The predicted molar refractivity (Wildman–Crippen MR) is 64.3 cm³/mol. The van der Waals surface area contributed by atoms with Gasteiger partial charge in [0.05, 0.1) is 16.4 Å². The molecule has 0 spiro atoms. The molecule has 0 aromatic carbocycles. The second-order valence-corrected chi connectivity index (χ2v) is 4.27. The standard InChI is InChI=1S/C11H9BrN2O2/c1-7-4-9(12)11-13-5-8(14(11)6-7)2-3-10(15)16/h2-6H,1H3,(H,15,16)/b3-2+. The minimum atomic E-state index is -0.971. The maximum Gasteiger partial charge on any atom is 0.328 e. The molecular formula is C11H9BrN2O2. The molecule has 0 aliphatic carbocycles. The second kappa shape index (κ2) is 4.09. The van der Waals surface area contributed by atoms with Crippen LogP contribution in [0.2, 0.25) is 0 Å². The summed E-state index contributed by atoms with van der Waals surface area (Å²) in [6, 6.07) is 1.97. The molecule has 16 heavy (non-hydrogen) atoms. The molecule has 0 unspecified atom stereocenters. The van der Waals surface area contributed by atoms with E-state index in [0.717, 1.165) is 27.5 Å². The second-order valence-electron chi connectivity index (χ2n) is 3.41. The number of imidazole rings is 1. The minimum absolute atomic E-state index is 0.738. The van der Waals surface area contributed by atoms with Gasteiger partial charge in [-0.3, -0.25) is 4.40 Å². The molecule has 2 heterocycles. The Morgan fingerprint density at radius 3 is 3.06 bits per heavy atom. The predicted octanol–water partition coefficient (Wildman–Crippen LogP) is 2.50. The Hall–Kier alpha value is -1.62. The van der Waals surface area contributed by atoms with Crippen molar-refractivity contribution >= 4 is 33.6 Å². The van der Waals surface area contributed by atoms with Crippen LogP contribution in [0.3, 0.4) is 0 Å². The van der Waals surface area contributed by atoms with Crippen molar-refractivity contribution in [2.24, 2.45) is 0 Å². The van der Waals surface area contributed by atoms with Crippen LogP contribution in [0.5, 0.6) is 0 Å². The van der Waals surface area contributed by atoms with Crippen molar-refractivity contribution in [2.75, 3.05) is 0 Å². The number of halogens is 1. The van der Waals surface area contributed by atoms with Gasteiger partial charge in [0.1, 0.15) is 0 Å². The van der Waals surface area contributed by atoms with Crippen molar-refractivity contribution in [1.82, 2.24) is 9.38 Å². The molecule has 0 saturated carbocycles. The first-order chi connectivity index (χ1) is 7.58. The van der Waals surface area contributed by atoms with Gasteiger partial charge in [0.15, 0.2) is 5.65 Å². The zero-order chi connectivity index (χ0) is 11.7. The third-order valence-electron chi connectivity index (χ3n) is 2.12. The summed E-state index contributed by atoms with van der Waals surface area (Å²) in [5.41, 5.74) is 2.58. The van der Waals surface area contributed by atoms with Gasteiger partial charge < -0.3 is 5.11 Å². The molecule has 2 rings (SSSR count). The summed E-state index contributed by atoms with van der Waals surface area (Å²) < 4.78 is 2.74. The number of hydrogen-bond donors (Lipinski definition) is 1. The summed E-state index contributed by atoms with van der Waals surface area (Å²) in [5, 5.41) is 8.57. The number of carboxylic acids is 1. The highest BCUT2D eigenvalue weighted by molar-refractivity contribution is 9.10. The topological polar surface area (TPSA) is 54.6 Å². The summed E-state index contributed by atoms with van der Waals surface area (Å²) in [5.74, 6) is -0.971. The van der Waals surface area contributed by atoms with Crippen molar-refractivity contribution in [3.63, 3.8) is 0 Å². The number of carboxylic acid groups (broad SMARTS) is 1. The van der Waals surface area contributed by atoms with Crippen LogP contribution >= 0.6 is 15.9 Å². The Balaban J connectivity index is 2.60. The smallest absolute Gasteiger partial charge is 0.328 e. The molecule has 2 aromatic rings. The number of aliphatic carboxylic acids is 1. The van der Waals surface area contributed by atoms with Crippen LogP contribution in [0.1, 0.15) is 11.3 Å². The van der Waals surface area contributed by atoms with Gasteiger partial charge in [-0.2, -0.15) is 0 Å². The molecule has 0 atom stereocenters. The van der Waals surface area contributed by atoms with Crippen LogP contribution in [-0.2, 0) is 4.79 Å². The Kier molecular flexibility index (Phi) is 2.78. The molecule has 5 heteroatoms. The molecule has 0 aliphatic heterocycles. The van der Waals surface area contributed by atoms with Gasteiger partial charge in [-0.05, 0) is 40.6 Å². The number of nitrogens with zero attached hydrogens (tertiary/aromatic N) is 2. The van der Waals surface area contributed by atoms with E-state index < -0.39 is 5.97 Å². The average Bonchev–Trinajstić information content (AvgIpc) is 2.58. The highest BCUT2D eigenvalue weighted by Gasteiger charge is 2.05. The van der Waals surface area contributed by atoms with E-state index in [4.69, 9.17) is 5.11 Å². The van der Waals surface area contributed by atoms with Crippen molar-refractivity contribution in [3.8, 4) is 0 Å².